The van der Waals surface area contributed by atoms with Crippen molar-refractivity contribution in [2.24, 2.45) is 0 Å². The largest absolute Gasteiger partial charge is 0.459 e. The molecule has 2 N–H and O–H groups in total. The molecule has 0 radical (unpaired) electrons. The van der Waals surface area contributed by atoms with Gasteiger partial charge in [-0.1, -0.05) is 19.8 Å². The van der Waals surface area contributed by atoms with Crippen LogP contribution in [-0.4, -0.2) is 41.3 Å². The Balaban J connectivity index is 3.98. The molecule has 5 heteroatoms. The molecule has 5 nitrogen and oxygen atoms in total. The van der Waals surface area contributed by atoms with Crippen LogP contribution in [0, 0.1) is 0 Å². The highest BCUT2D eigenvalue weighted by atomic mass is 16.5. The second kappa shape index (κ2) is 8.38. The van der Waals surface area contributed by atoms with Crippen LogP contribution in [0.1, 0.15) is 32.6 Å². The summed E-state index contributed by atoms with van der Waals surface area (Å²) >= 11 is 0. The third-order valence-electron chi connectivity index (χ3n) is 2.12. The molecule has 0 bridgehead atoms. The van der Waals surface area contributed by atoms with Crippen LogP contribution in [0.5, 0.6) is 0 Å². The molecule has 0 aliphatic carbocycles. The van der Waals surface area contributed by atoms with E-state index in [0.717, 1.165) is 12.8 Å². The van der Waals surface area contributed by atoms with Crippen molar-refractivity contribution in [2.75, 3.05) is 6.61 Å². The van der Waals surface area contributed by atoms with Gasteiger partial charge in [0.05, 0.1) is 6.61 Å². The normalized spacial score (nSPS) is 14.3. The average molecular weight is 218 g/mol. The Morgan fingerprint density at radius 1 is 1.47 bits per heavy atom. The number of carbonyl (C=O) groups excluding carboxylic acids is 2. The third kappa shape index (κ3) is 5.49. The molecule has 0 amide bonds. The van der Waals surface area contributed by atoms with E-state index < -0.39 is 24.6 Å². The lowest BCUT2D eigenvalue weighted by atomic mass is 10.0. The second-order valence-electron chi connectivity index (χ2n) is 3.32. The Labute approximate surface area is 89.0 Å². The predicted octanol–water partition coefficient (Wildman–Crippen LogP) is 0.0306. The van der Waals surface area contributed by atoms with Crippen molar-refractivity contribution in [1.29, 1.82) is 0 Å². The van der Waals surface area contributed by atoms with Crippen molar-refractivity contribution < 1.29 is 24.5 Å². The molecule has 88 valence electrons. The fraction of sp³-hybridized carbons (Fsp3) is 0.800. The van der Waals surface area contributed by atoms with Crippen LogP contribution in [0.25, 0.3) is 0 Å². The average Bonchev–Trinajstić information content (AvgIpc) is 2.25. The standard InChI is InChI=1S/C10H18O5/c1-2-3-4-5-8(13)10(14)9(6-11)15-7-12/h7,9-11,14H,2-6H2,1H3. The van der Waals surface area contributed by atoms with E-state index in [-0.39, 0.29) is 12.9 Å². The van der Waals surface area contributed by atoms with Gasteiger partial charge >= 0.3 is 0 Å². The van der Waals surface area contributed by atoms with E-state index in [9.17, 15) is 14.7 Å². The maximum atomic E-state index is 11.3. The lowest BCUT2D eigenvalue weighted by molar-refractivity contribution is -0.149. The van der Waals surface area contributed by atoms with Crippen molar-refractivity contribution >= 4 is 12.3 Å². The summed E-state index contributed by atoms with van der Waals surface area (Å²) < 4.78 is 4.38. The number of hydrogen-bond donors (Lipinski definition) is 2. The summed E-state index contributed by atoms with van der Waals surface area (Å²) in [6, 6.07) is 0. The second-order valence-corrected chi connectivity index (χ2v) is 3.32. The van der Waals surface area contributed by atoms with Crippen LogP contribution >= 0.6 is 0 Å². The number of ketones is 1. The fourth-order valence-electron chi connectivity index (χ4n) is 1.19. The molecular formula is C10H18O5. The fourth-order valence-corrected chi connectivity index (χ4v) is 1.19. The van der Waals surface area contributed by atoms with E-state index in [4.69, 9.17) is 5.11 Å². The topological polar surface area (TPSA) is 83.8 Å². The summed E-state index contributed by atoms with van der Waals surface area (Å²) in [5.74, 6) is -0.399. The Kier molecular flexibility index (Phi) is 7.85. The van der Waals surface area contributed by atoms with E-state index >= 15 is 0 Å². The number of Topliss-reactive ketones (excluding diaryl/α,β-unsaturated/α-hetero) is 1. The summed E-state index contributed by atoms with van der Waals surface area (Å²) in [5.41, 5.74) is 0. The van der Waals surface area contributed by atoms with E-state index in [2.05, 4.69) is 4.74 Å². The van der Waals surface area contributed by atoms with E-state index in [1.165, 1.54) is 0 Å². The highest BCUT2D eigenvalue weighted by Crippen LogP contribution is 2.06. The molecule has 0 aromatic carbocycles. The minimum absolute atomic E-state index is 0.115. The van der Waals surface area contributed by atoms with Gasteiger partial charge in [-0.15, -0.1) is 0 Å². The Bertz CT molecular complexity index is 192. The molecule has 0 heterocycles. The minimum atomic E-state index is -1.42. The van der Waals surface area contributed by atoms with Crippen LogP contribution in [0.15, 0.2) is 0 Å². The number of aliphatic hydroxyl groups excluding tert-OH is 2. The lowest BCUT2D eigenvalue weighted by Gasteiger charge is -2.17. The zero-order valence-corrected chi connectivity index (χ0v) is 8.89. The number of ether oxygens (including phenoxy) is 1. The van der Waals surface area contributed by atoms with Gasteiger partial charge in [-0.3, -0.25) is 9.59 Å². The van der Waals surface area contributed by atoms with Gasteiger partial charge in [0.15, 0.2) is 18.0 Å². The molecule has 0 aliphatic heterocycles. The number of carbonyl (C=O) groups is 2. The zero-order valence-electron chi connectivity index (χ0n) is 8.89. The Morgan fingerprint density at radius 2 is 2.13 bits per heavy atom. The monoisotopic (exact) mass is 218 g/mol. The van der Waals surface area contributed by atoms with E-state index in [1.807, 2.05) is 6.92 Å². The molecule has 0 aromatic heterocycles. The number of rotatable bonds is 9. The van der Waals surface area contributed by atoms with Gasteiger partial charge < -0.3 is 14.9 Å². The van der Waals surface area contributed by atoms with Crippen LogP contribution in [0.4, 0.5) is 0 Å². The molecule has 0 aliphatic rings. The highest BCUT2D eigenvalue weighted by molar-refractivity contribution is 5.83. The first kappa shape index (κ1) is 14.1. The molecule has 0 spiro atoms. The van der Waals surface area contributed by atoms with E-state index in [1.54, 1.807) is 0 Å². The minimum Gasteiger partial charge on any atom is -0.459 e. The van der Waals surface area contributed by atoms with Gasteiger partial charge in [0.25, 0.3) is 6.47 Å². The molecule has 0 fully saturated rings. The molecule has 15 heavy (non-hydrogen) atoms. The predicted molar refractivity (Wildman–Crippen MR) is 53.2 cm³/mol. The number of aliphatic hydroxyl groups is 2. The number of unbranched alkanes of at least 4 members (excludes halogenated alkanes) is 2. The van der Waals surface area contributed by atoms with Crippen LogP contribution < -0.4 is 0 Å². The van der Waals surface area contributed by atoms with Crippen molar-refractivity contribution in [1.82, 2.24) is 0 Å². The van der Waals surface area contributed by atoms with Crippen molar-refractivity contribution in [2.45, 2.75) is 44.8 Å². The summed E-state index contributed by atoms with van der Waals surface area (Å²) in [7, 11) is 0. The molecule has 0 aromatic rings. The van der Waals surface area contributed by atoms with Gasteiger partial charge in [0.1, 0.15) is 0 Å². The molecule has 0 saturated heterocycles. The highest BCUT2D eigenvalue weighted by Gasteiger charge is 2.26. The van der Waals surface area contributed by atoms with Gasteiger partial charge in [-0.2, -0.15) is 0 Å². The summed E-state index contributed by atoms with van der Waals surface area (Å²) in [5, 5.41) is 18.2. The lowest BCUT2D eigenvalue weighted by Crippen LogP contribution is -2.38. The van der Waals surface area contributed by atoms with E-state index in [0.29, 0.717) is 6.42 Å². The summed E-state index contributed by atoms with van der Waals surface area (Å²) in [6.07, 6.45) is 0.280. The van der Waals surface area contributed by atoms with Crippen molar-refractivity contribution in [3.8, 4) is 0 Å². The molecule has 0 saturated carbocycles. The molecule has 0 rings (SSSR count). The maximum Gasteiger partial charge on any atom is 0.293 e. The summed E-state index contributed by atoms with van der Waals surface area (Å²) in [4.78, 5) is 21.3. The first-order chi connectivity index (χ1) is 7.17. The SMILES string of the molecule is CCCCCC(=O)C(O)C(CO)OC=O. The molecule has 2 atom stereocenters. The van der Waals surface area contributed by atoms with Crippen molar-refractivity contribution in [3.05, 3.63) is 0 Å². The van der Waals surface area contributed by atoms with Crippen LogP contribution in [-0.2, 0) is 14.3 Å². The van der Waals surface area contributed by atoms with Gasteiger partial charge in [0, 0.05) is 6.42 Å². The quantitative estimate of drug-likeness (QED) is 0.421. The Hall–Kier alpha value is -0.940. The maximum absolute atomic E-state index is 11.3. The van der Waals surface area contributed by atoms with Gasteiger partial charge in [0.2, 0.25) is 0 Å². The zero-order chi connectivity index (χ0) is 11.7. The van der Waals surface area contributed by atoms with Crippen LogP contribution in [0.2, 0.25) is 0 Å². The Morgan fingerprint density at radius 3 is 2.60 bits per heavy atom. The van der Waals surface area contributed by atoms with Crippen molar-refractivity contribution in [3.63, 3.8) is 0 Å². The third-order valence-corrected chi connectivity index (χ3v) is 2.12. The first-order valence-electron chi connectivity index (χ1n) is 5.08. The smallest absolute Gasteiger partial charge is 0.293 e. The molecule has 2 unspecified atom stereocenters. The van der Waals surface area contributed by atoms with Gasteiger partial charge in [-0.05, 0) is 6.42 Å². The molecular weight excluding hydrogens is 200 g/mol. The van der Waals surface area contributed by atoms with Crippen LogP contribution in [0.3, 0.4) is 0 Å². The summed E-state index contributed by atoms with van der Waals surface area (Å²) in [6.45, 7) is 1.57. The van der Waals surface area contributed by atoms with Gasteiger partial charge in [-0.25, -0.2) is 0 Å². The number of hydrogen-bond acceptors (Lipinski definition) is 5. The first-order valence-corrected chi connectivity index (χ1v) is 5.08.